The van der Waals surface area contributed by atoms with E-state index in [0.717, 1.165) is 12.8 Å². The Kier molecular flexibility index (Phi) is 6.66. The minimum absolute atomic E-state index is 0.0763. The highest BCUT2D eigenvalue weighted by Crippen LogP contribution is 2.62. The van der Waals surface area contributed by atoms with Gasteiger partial charge in [-0.15, -0.1) is 0 Å². The zero-order valence-electron chi connectivity index (χ0n) is 12.9. The van der Waals surface area contributed by atoms with Crippen LogP contribution in [0.25, 0.3) is 0 Å². The van der Waals surface area contributed by atoms with Gasteiger partial charge in [0.15, 0.2) is 0 Å². The van der Waals surface area contributed by atoms with E-state index < -0.39 is 0 Å². The minimum Gasteiger partial charge on any atom is -0.250 e. The standard InChI is InChI=1S/C17H33F/c1-4-6-8-9-10-12-16(3,11-7-5-2)17(15-18)13-14-17/h4-15H2,1-3H3. The van der Waals surface area contributed by atoms with Gasteiger partial charge >= 0.3 is 0 Å². The van der Waals surface area contributed by atoms with Gasteiger partial charge in [-0.05, 0) is 31.1 Å². The fourth-order valence-electron chi connectivity index (χ4n) is 3.39. The highest BCUT2D eigenvalue weighted by Gasteiger charge is 2.55. The molecule has 0 aromatic heterocycles. The van der Waals surface area contributed by atoms with Crippen LogP contribution in [0, 0.1) is 10.8 Å². The first-order valence-corrected chi connectivity index (χ1v) is 8.20. The number of unbranched alkanes of at least 4 members (excludes halogenated alkanes) is 5. The van der Waals surface area contributed by atoms with Crippen molar-refractivity contribution in [2.45, 2.75) is 91.4 Å². The lowest BCUT2D eigenvalue weighted by atomic mass is 9.68. The maximum absolute atomic E-state index is 13.4. The van der Waals surface area contributed by atoms with Crippen LogP contribution in [0.2, 0.25) is 0 Å². The van der Waals surface area contributed by atoms with Crippen LogP contribution in [0.15, 0.2) is 0 Å². The smallest absolute Gasteiger partial charge is 0.0955 e. The molecule has 1 atom stereocenters. The van der Waals surface area contributed by atoms with Gasteiger partial charge in [-0.2, -0.15) is 0 Å². The molecule has 0 radical (unpaired) electrons. The van der Waals surface area contributed by atoms with Gasteiger partial charge in [0.1, 0.15) is 0 Å². The summed E-state index contributed by atoms with van der Waals surface area (Å²) >= 11 is 0. The van der Waals surface area contributed by atoms with E-state index in [1.165, 1.54) is 57.8 Å². The topological polar surface area (TPSA) is 0 Å². The van der Waals surface area contributed by atoms with E-state index in [0.29, 0.717) is 0 Å². The highest BCUT2D eigenvalue weighted by atomic mass is 19.1. The Labute approximate surface area is 114 Å². The fraction of sp³-hybridized carbons (Fsp3) is 1.00. The largest absolute Gasteiger partial charge is 0.250 e. The average molecular weight is 256 g/mol. The zero-order valence-corrected chi connectivity index (χ0v) is 12.9. The molecule has 1 saturated carbocycles. The van der Waals surface area contributed by atoms with Crippen LogP contribution in [0.5, 0.6) is 0 Å². The maximum Gasteiger partial charge on any atom is 0.0955 e. The van der Waals surface area contributed by atoms with Crippen molar-refractivity contribution in [3.63, 3.8) is 0 Å². The van der Waals surface area contributed by atoms with Gasteiger partial charge in [0.2, 0.25) is 0 Å². The third-order valence-corrected chi connectivity index (χ3v) is 5.30. The lowest BCUT2D eigenvalue weighted by molar-refractivity contribution is 0.0936. The molecule has 1 aliphatic carbocycles. The first kappa shape index (κ1) is 16.0. The molecule has 1 rings (SSSR count). The summed E-state index contributed by atoms with van der Waals surface area (Å²) < 4.78 is 13.4. The third kappa shape index (κ3) is 3.96. The van der Waals surface area contributed by atoms with Gasteiger partial charge in [-0.25, -0.2) is 0 Å². The Bertz CT molecular complexity index is 220. The average Bonchev–Trinajstić information content (AvgIpc) is 3.17. The summed E-state index contributed by atoms with van der Waals surface area (Å²) in [6.07, 6.45) is 14.0. The second-order valence-corrected chi connectivity index (χ2v) is 6.74. The summed E-state index contributed by atoms with van der Waals surface area (Å²) in [6, 6.07) is 0. The summed E-state index contributed by atoms with van der Waals surface area (Å²) in [7, 11) is 0. The predicted octanol–water partition coefficient (Wildman–Crippen LogP) is 6.29. The molecule has 0 saturated heterocycles. The summed E-state index contributed by atoms with van der Waals surface area (Å²) in [6.45, 7) is 6.79. The quantitative estimate of drug-likeness (QED) is 0.381. The molecular weight excluding hydrogens is 223 g/mol. The molecule has 0 N–H and O–H groups in total. The van der Waals surface area contributed by atoms with Crippen LogP contribution in [0.1, 0.15) is 91.4 Å². The number of hydrogen-bond acceptors (Lipinski definition) is 0. The number of hydrogen-bond donors (Lipinski definition) is 0. The zero-order chi connectivity index (χ0) is 13.5. The molecule has 0 heterocycles. The van der Waals surface area contributed by atoms with Crippen LogP contribution in [0.3, 0.4) is 0 Å². The van der Waals surface area contributed by atoms with Gasteiger partial charge in [0, 0.05) is 5.41 Å². The van der Waals surface area contributed by atoms with Crippen molar-refractivity contribution in [1.82, 2.24) is 0 Å². The molecule has 108 valence electrons. The number of rotatable bonds is 11. The summed E-state index contributed by atoms with van der Waals surface area (Å²) in [5.74, 6) is 0. The lowest BCUT2D eigenvalue weighted by Crippen LogP contribution is -2.31. The minimum atomic E-state index is -0.0812. The van der Waals surface area contributed by atoms with E-state index >= 15 is 0 Å². The van der Waals surface area contributed by atoms with Gasteiger partial charge in [0.25, 0.3) is 0 Å². The number of halogens is 1. The fourth-order valence-corrected chi connectivity index (χ4v) is 3.39. The first-order chi connectivity index (χ1) is 8.64. The molecule has 1 unspecified atom stereocenters. The van der Waals surface area contributed by atoms with Crippen LogP contribution in [0.4, 0.5) is 4.39 Å². The van der Waals surface area contributed by atoms with E-state index in [1.54, 1.807) is 0 Å². The summed E-state index contributed by atoms with van der Waals surface area (Å²) in [5.41, 5.74) is 0.358. The highest BCUT2D eigenvalue weighted by molar-refractivity contribution is 5.04. The van der Waals surface area contributed by atoms with Crippen LogP contribution < -0.4 is 0 Å². The molecule has 18 heavy (non-hydrogen) atoms. The Morgan fingerprint density at radius 2 is 1.44 bits per heavy atom. The second-order valence-electron chi connectivity index (χ2n) is 6.74. The normalized spacial score (nSPS) is 20.7. The molecule has 0 amide bonds. The Morgan fingerprint density at radius 1 is 0.889 bits per heavy atom. The van der Waals surface area contributed by atoms with E-state index in [2.05, 4.69) is 20.8 Å². The monoisotopic (exact) mass is 256 g/mol. The summed E-state index contributed by atoms with van der Waals surface area (Å²) in [5, 5.41) is 0. The van der Waals surface area contributed by atoms with E-state index in [-0.39, 0.29) is 17.5 Å². The van der Waals surface area contributed by atoms with Crippen molar-refractivity contribution in [3.8, 4) is 0 Å². The SMILES string of the molecule is CCCCCCCC(C)(CCCC)C1(CF)CC1. The van der Waals surface area contributed by atoms with Gasteiger partial charge in [-0.1, -0.05) is 65.7 Å². The Hall–Kier alpha value is -0.0700. The third-order valence-electron chi connectivity index (χ3n) is 5.30. The molecular formula is C17H33F. The molecule has 0 spiro atoms. The molecule has 1 aliphatic rings. The van der Waals surface area contributed by atoms with Gasteiger partial charge < -0.3 is 0 Å². The maximum atomic E-state index is 13.4. The van der Waals surface area contributed by atoms with Crippen molar-refractivity contribution in [2.75, 3.05) is 6.67 Å². The molecule has 0 bridgehead atoms. The molecule has 0 aromatic rings. The second kappa shape index (κ2) is 7.50. The van der Waals surface area contributed by atoms with Gasteiger partial charge in [-0.3, -0.25) is 4.39 Å². The van der Waals surface area contributed by atoms with Crippen molar-refractivity contribution < 1.29 is 4.39 Å². The molecule has 0 aromatic carbocycles. The molecule has 1 heteroatoms. The number of alkyl halides is 1. The molecule has 1 fully saturated rings. The van der Waals surface area contributed by atoms with E-state index in [1.807, 2.05) is 0 Å². The summed E-state index contributed by atoms with van der Waals surface area (Å²) in [4.78, 5) is 0. The van der Waals surface area contributed by atoms with Crippen LogP contribution >= 0.6 is 0 Å². The van der Waals surface area contributed by atoms with Crippen molar-refractivity contribution in [1.29, 1.82) is 0 Å². The van der Waals surface area contributed by atoms with Crippen LogP contribution in [-0.2, 0) is 0 Å². The Balaban J connectivity index is 2.40. The van der Waals surface area contributed by atoms with Crippen molar-refractivity contribution in [3.05, 3.63) is 0 Å². The van der Waals surface area contributed by atoms with E-state index in [9.17, 15) is 4.39 Å². The first-order valence-electron chi connectivity index (χ1n) is 8.20. The Morgan fingerprint density at radius 3 is 1.94 bits per heavy atom. The lowest BCUT2D eigenvalue weighted by Gasteiger charge is -2.37. The van der Waals surface area contributed by atoms with E-state index in [4.69, 9.17) is 0 Å². The molecule has 0 aliphatic heterocycles. The van der Waals surface area contributed by atoms with Crippen LogP contribution in [-0.4, -0.2) is 6.67 Å². The van der Waals surface area contributed by atoms with Gasteiger partial charge in [0.05, 0.1) is 6.67 Å². The predicted molar refractivity (Wildman–Crippen MR) is 78.7 cm³/mol. The molecule has 0 nitrogen and oxygen atoms in total. The van der Waals surface area contributed by atoms with Crippen molar-refractivity contribution in [2.24, 2.45) is 10.8 Å². The van der Waals surface area contributed by atoms with Crippen molar-refractivity contribution >= 4 is 0 Å².